The van der Waals surface area contributed by atoms with Crippen molar-refractivity contribution in [3.63, 3.8) is 0 Å². The fourth-order valence-corrected chi connectivity index (χ4v) is 4.22. The van der Waals surface area contributed by atoms with Gasteiger partial charge in [-0.25, -0.2) is 0 Å². The molecule has 0 N–H and O–H groups in total. The van der Waals surface area contributed by atoms with Crippen molar-refractivity contribution in [3.05, 3.63) is 0 Å². The molecule has 18 heavy (non-hydrogen) atoms. The van der Waals surface area contributed by atoms with Gasteiger partial charge in [-0.2, -0.15) is 13.2 Å². The van der Waals surface area contributed by atoms with Crippen molar-refractivity contribution in [2.75, 3.05) is 0 Å². The van der Waals surface area contributed by atoms with E-state index in [-0.39, 0.29) is 11.8 Å². The van der Waals surface area contributed by atoms with E-state index in [2.05, 4.69) is 0 Å². The maximum atomic E-state index is 12.6. The minimum Gasteiger partial charge on any atom is -0.298 e. The summed E-state index contributed by atoms with van der Waals surface area (Å²) < 4.78 is 37.7. The number of hydrogen-bond donors (Lipinski definition) is 0. The highest BCUT2D eigenvalue weighted by Gasteiger charge is 2.66. The van der Waals surface area contributed by atoms with Crippen LogP contribution >= 0.6 is 0 Å². The Balaban J connectivity index is 2.38. The van der Waals surface area contributed by atoms with Crippen LogP contribution in [0.25, 0.3) is 0 Å². The Hall–Kier alpha value is -0.870. The van der Waals surface area contributed by atoms with Gasteiger partial charge in [-0.3, -0.25) is 9.59 Å². The molecule has 2 rings (SSSR count). The second-order valence-corrected chi connectivity index (χ2v) is 6.09. The molecule has 102 valence electrons. The van der Waals surface area contributed by atoms with Gasteiger partial charge >= 0.3 is 6.18 Å². The quantitative estimate of drug-likeness (QED) is 0.717. The molecule has 5 heteroatoms. The lowest BCUT2D eigenvalue weighted by atomic mass is 9.74. The predicted molar refractivity (Wildman–Crippen MR) is 58.7 cm³/mol. The first-order valence-electron chi connectivity index (χ1n) is 6.26. The van der Waals surface area contributed by atoms with Gasteiger partial charge in [0, 0.05) is 5.41 Å². The van der Waals surface area contributed by atoms with Crippen LogP contribution < -0.4 is 0 Å². The van der Waals surface area contributed by atoms with Gasteiger partial charge in [-0.1, -0.05) is 20.8 Å². The summed E-state index contributed by atoms with van der Waals surface area (Å²) in [5, 5.41) is 0. The number of alkyl halides is 3. The van der Waals surface area contributed by atoms with Gasteiger partial charge in [0.05, 0.1) is 5.92 Å². The number of fused-ring (bicyclic) bond motifs is 2. The lowest BCUT2D eigenvalue weighted by Crippen LogP contribution is -2.40. The molecule has 0 heterocycles. The fraction of sp³-hybridized carbons (Fsp3) is 0.846. The number of ketones is 2. The van der Waals surface area contributed by atoms with Crippen LogP contribution in [0.15, 0.2) is 0 Å². The Labute approximate surface area is 104 Å². The van der Waals surface area contributed by atoms with Crippen molar-refractivity contribution in [1.82, 2.24) is 0 Å². The summed E-state index contributed by atoms with van der Waals surface area (Å²) in [7, 11) is 0. The van der Waals surface area contributed by atoms with E-state index in [0.29, 0.717) is 12.8 Å². The Morgan fingerprint density at radius 2 is 1.94 bits per heavy atom. The summed E-state index contributed by atoms with van der Waals surface area (Å²) >= 11 is 0. The normalized spacial score (nSPS) is 39.7. The maximum absolute atomic E-state index is 12.6. The molecule has 2 saturated carbocycles. The molecule has 0 spiro atoms. The molecular weight excluding hydrogens is 245 g/mol. The highest BCUT2D eigenvalue weighted by atomic mass is 19.4. The zero-order valence-electron chi connectivity index (χ0n) is 10.7. The van der Waals surface area contributed by atoms with Gasteiger partial charge < -0.3 is 0 Å². The summed E-state index contributed by atoms with van der Waals surface area (Å²) in [6.07, 6.45) is -3.73. The van der Waals surface area contributed by atoms with E-state index in [1.807, 2.05) is 13.8 Å². The number of Topliss-reactive ketones (excluding diaryl/α,β-unsaturated/α-hetero) is 2. The number of hydrogen-bond acceptors (Lipinski definition) is 2. The maximum Gasteiger partial charge on any atom is 0.450 e. The van der Waals surface area contributed by atoms with Crippen LogP contribution in [0, 0.1) is 29.1 Å². The summed E-state index contributed by atoms with van der Waals surface area (Å²) in [5.74, 6) is -4.17. The zero-order valence-corrected chi connectivity index (χ0v) is 10.7. The molecule has 0 saturated heterocycles. The van der Waals surface area contributed by atoms with Crippen molar-refractivity contribution in [3.8, 4) is 0 Å². The van der Waals surface area contributed by atoms with Crippen LogP contribution in [0.2, 0.25) is 0 Å². The van der Waals surface area contributed by atoms with E-state index >= 15 is 0 Å². The van der Waals surface area contributed by atoms with Crippen molar-refractivity contribution in [2.24, 2.45) is 29.1 Å². The second kappa shape index (κ2) is 3.81. The van der Waals surface area contributed by atoms with E-state index in [9.17, 15) is 22.8 Å². The van der Waals surface area contributed by atoms with E-state index in [4.69, 9.17) is 0 Å². The standard InChI is InChI=1S/C13H17F3O2/c1-6(2)9-7-4-5-12(9,3)10(17)8(7)11(18)13(14,15)16/h6-9H,4-5H2,1-3H3. The first-order chi connectivity index (χ1) is 8.10. The summed E-state index contributed by atoms with van der Waals surface area (Å²) in [4.78, 5) is 23.6. The lowest BCUT2D eigenvalue weighted by Gasteiger charge is -2.28. The monoisotopic (exact) mass is 262 g/mol. The molecule has 0 amide bonds. The third kappa shape index (κ3) is 1.62. The topological polar surface area (TPSA) is 34.1 Å². The van der Waals surface area contributed by atoms with E-state index in [0.717, 1.165) is 0 Å². The molecule has 2 aliphatic carbocycles. The highest BCUT2D eigenvalue weighted by Crippen LogP contribution is 2.61. The molecule has 0 aromatic heterocycles. The molecule has 2 fully saturated rings. The molecule has 0 aromatic rings. The summed E-state index contributed by atoms with van der Waals surface area (Å²) in [5.41, 5.74) is -0.732. The van der Waals surface area contributed by atoms with Crippen LogP contribution in [-0.4, -0.2) is 17.7 Å². The lowest BCUT2D eigenvalue weighted by molar-refractivity contribution is -0.178. The van der Waals surface area contributed by atoms with Crippen LogP contribution in [0.3, 0.4) is 0 Å². The molecule has 2 bridgehead atoms. The molecule has 0 aromatic carbocycles. The Morgan fingerprint density at radius 1 is 1.39 bits per heavy atom. The zero-order chi connectivity index (χ0) is 13.9. The number of carbonyl (C=O) groups is 2. The molecular formula is C13H17F3O2. The first-order valence-corrected chi connectivity index (χ1v) is 6.26. The summed E-state index contributed by atoms with van der Waals surface area (Å²) in [6, 6.07) is 0. The van der Waals surface area contributed by atoms with Gasteiger partial charge in [-0.15, -0.1) is 0 Å². The minimum absolute atomic E-state index is 0.0960. The molecule has 4 unspecified atom stereocenters. The van der Waals surface area contributed by atoms with Gasteiger partial charge in [0.1, 0.15) is 5.78 Å². The predicted octanol–water partition coefficient (Wildman–Crippen LogP) is 3.01. The molecule has 0 radical (unpaired) electrons. The number of rotatable bonds is 2. The average molecular weight is 262 g/mol. The molecule has 2 nitrogen and oxygen atoms in total. The molecule has 0 aliphatic heterocycles. The van der Waals surface area contributed by atoms with Crippen molar-refractivity contribution >= 4 is 11.6 Å². The van der Waals surface area contributed by atoms with E-state index in [1.165, 1.54) is 0 Å². The minimum atomic E-state index is -4.90. The third-order valence-corrected chi connectivity index (χ3v) is 4.75. The number of carbonyl (C=O) groups excluding carboxylic acids is 2. The first kappa shape index (κ1) is 13.6. The highest BCUT2D eigenvalue weighted by molar-refractivity contribution is 6.09. The molecule has 2 aliphatic rings. The fourth-order valence-electron chi connectivity index (χ4n) is 4.22. The van der Waals surface area contributed by atoms with Crippen molar-refractivity contribution < 1.29 is 22.8 Å². The average Bonchev–Trinajstić information content (AvgIpc) is 2.65. The Morgan fingerprint density at radius 3 is 2.33 bits per heavy atom. The Bertz CT molecular complexity index is 400. The van der Waals surface area contributed by atoms with Gasteiger partial charge in [0.15, 0.2) is 0 Å². The van der Waals surface area contributed by atoms with Gasteiger partial charge in [0.25, 0.3) is 0 Å². The van der Waals surface area contributed by atoms with Gasteiger partial charge in [-0.05, 0) is 30.6 Å². The number of halogens is 3. The Kier molecular flexibility index (Phi) is 2.87. The van der Waals surface area contributed by atoms with E-state index in [1.54, 1.807) is 6.92 Å². The molecule has 4 atom stereocenters. The van der Waals surface area contributed by atoms with Crippen LogP contribution in [0.1, 0.15) is 33.6 Å². The largest absolute Gasteiger partial charge is 0.450 e. The van der Waals surface area contributed by atoms with Crippen molar-refractivity contribution in [1.29, 1.82) is 0 Å². The summed E-state index contributed by atoms with van der Waals surface area (Å²) in [6.45, 7) is 5.55. The second-order valence-electron chi connectivity index (χ2n) is 6.09. The van der Waals surface area contributed by atoms with Crippen LogP contribution in [0.4, 0.5) is 13.2 Å². The third-order valence-electron chi connectivity index (χ3n) is 4.75. The van der Waals surface area contributed by atoms with Crippen molar-refractivity contribution in [2.45, 2.75) is 39.8 Å². The van der Waals surface area contributed by atoms with Crippen LogP contribution in [-0.2, 0) is 9.59 Å². The van der Waals surface area contributed by atoms with Gasteiger partial charge in [0.2, 0.25) is 5.78 Å². The van der Waals surface area contributed by atoms with E-state index < -0.39 is 35.0 Å². The smallest absolute Gasteiger partial charge is 0.298 e. The SMILES string of the molecule is CC(C)C1C2CCC1(C)C(=O)C2C(=O)C(F)(F)F. The van der Waals surface area contributed by atoms with Crippen LogP contribution in [0.5, 0.6) is 0 Å².